The molecule has 0 aromatic heterocycles. The highest BCUT2D eigenvalue weighted by atomic mass is 16.5. The van der Waals surface area contributed by atoms with E-state index >= 15 is 0 Å². The summed E-state index contributed by atoms with van der Waals surface area (Å²) in [6, 6.07) is 15.3. The minimum absolute atomic E-state index is 0.0723. The van der Waals surface area contributed by atoms with E-state index in [1.165, 1.54) is 5.01 Å². The monoisotopic (exact) mass is 366 g/mol. The van der Waals surface area contributed by atoms with E-state index in [-0.39, 0.29) is 24.8 Å². The molecule has 1 N–H and O–H groups in total. The van der Waals surface area contributed by atoms with E-state index in [9.17, 15) is 9.59 Å². The zero-order chi connectivity index (χ0) is 19.4. The Kier molecular flexibility index (Phi) is 5.54. The summed E-state index contributed by atoms with van der Waals surface area (Å²) in [4.78, 5) is 23.4. The third-order valence-electron chi connectivity index (χ3n) is 4.60. The van der Waals surface area contributed by atoms with E-state index in [4.69, 9.17) is 9.84 Å². The molecule has 0 saturated carbocycles. The molecule has 0 bridgehead atoms. The molecular formula is C21H22N2O4. The smallest absolute Gasteiger partial charge is 0.303 e. The van der Waals surface area contributed by atoms with Gasteiger partial charge in [0.15, 0.2) is 0 Å². The van der Waals surface area contributed by atoms with Crippen molar-refractivity contribution in [1.82, 2.24) is 5.01 Å². The minimum Gasteiger partial charge on any atom is -0.497 e. The van der Waals surface area contributed by atoms with Crippen molar-refractivity contribution in [2.24, 2.45) is 5.10 Å². The number of rotatable bonds is 6. The van der Waals surface area contributed by atoms with Crippen molar-refractivity contribution in [3.8, 4) is 5.75 Å². The molecule has 3 rings (SSSR count). The molecule has 2 aromatic rings. The number of hydrogen-bond acceptors (Lipinski definition) is 4. The van der Waals surface area contributed by atoms with Gasteiger partial charge in [-0.05, 0) is 42.3 Å². The van der Waals surface area contributed by atoms with E-state index in [2.05, 4.69) is 5.10 Å². The maximum Gasteiger partial charge on any atom is 0.303 e. The molecule has 2 aromatic carbocycles. The normalized spacial score (nSPS) is 16.1. The lowest BCUT2D eigenvalue weighted by Crippen LogP contribution is -2.27. The maximum atomic E-state index is 12.6. The van der Waals surface area contributed by atoms with Crippen LogP contribution in [0.1, 0.15) is 42.0 Å². The quantitative estimate of drug-likeness (QED) is 0.848. The average Bonchev–Trinajstić information content (AvgIpc) is 3.12. The SMILES string of the molecule is COc1ccc(C2=NN(C(=O)CCC(=O)O)[C@H](c3ccc(C)cc3)C2)cc1. The van der Waals surface area contributed by atoms with Crippen molar-refractivity contribution in [3.05, 3.63) is 65.2 Å². The number of hydrazone groups is 1. The van der Waals surface area contributed by atoms with Gasteiger partial charge in [-0.1, -0.05) is 29.8 Å². The summed E-state index contributed by atoms with van der Waals surface area (Å²) < 4.78 is 5.19. The first-order valence-electron chi connectivity index (χ1n) is 8.80. The number of nitrogens with zero attached hydrogens (tertiary/aromatic N) is 2. The van der Waals surface area contributed by atoms with Crippen LogP contribution in [0.15, 0.2) is 53.6 Å². The molecule has 27 heavy (non-hydrogen) atoms. The molecular weight excluding hydrogens is 344 g/mol. The van der Waals surface area contributed by atoms with Crippen LogP contribution in [0.5, 0.6) is 5.75 Å². The topological polar surface area (TPSA) is 79.2 Å². The number of carboxylic acids is 1. The third-order valence-corrected chi connectivity index (χ3v) is 4.60. The maximum absolute atomic E-state index is 12.6. The van der Waals surface area contributed by atoms with Crippen LogP contribution in [0.3, 0.4) is 0 Å². The van der Waals surface area contributed by atoms with Crippen LogP contribution >= 0.6 is 0 Å². The van der Waals surface area contributed by atoms with E-state index in [0.29, 0.717) is 6.42 Å². The second kappa shape index (κ2) is 8.03. The summed E-state index contributed by atoms with van der Waals surface area (Å²) in [7, 11) is 1.61. The molecule has 1 heterocycles. The highest BCUT2D eigenvalue weighted by Crippen LogP contribution is 2.33. The first kappa shape index (κ1) is 18.6. The number of aryl methyl sites for hydroxylation is 1. The summed E-state index contributed by atoms with van der Waals surface area (Å²) in [6.07, 6.45) is 0.300. The van der Waals surface area contributed by atoms with Gasteiger partial charge in [-0.2, -0.15) is 5.10 Å². The Morgan fingerprint density at radius 2 is 1.78 bits per heavy atom. The lowest BCUT2D eigenvalue weighted by Gasteiger charge is -2.22. The zero-order valence-electron chi connectivity index (χ0n) is 15.4. The van der Waals surface area contributed by atoms with Gasteiger partial charge < -0.3 is 9.84 Å². The number of methoxy groups -OCH3 is 1. The van der Waals surface area contributed by atoms with E-state index in [1.54, 1.807) is 7.11 Å². The Morgan fingerprint density at radius 1 is 1.11 bits per heavy atom. The standard InChI is InChI=1S/C21H22N2O4/c1-14-3-5-16(6-4-14)19-13-18(15-7-9-17(27-2)10-8-15)22-23(19)20(24)11-12-21(25)26/h3-10,19H,11-13H2,1-2H3,(H,25,26)/t19-/m0/s1. The molecule has 1 amide bonds. The Morgan fingerprint density at radius 3 is 2.37 bits per heavy atom. The molecule has 1 aliphatic heterocycles. The highest BCUT2D eigenvalue weighted by molar-refractivity contribution is 6.03. The van der Waals surface area contributed by atoms with Crippen LogP contribution in [-0.2, 0) is 9.59 Å². The van der Waals surface area contributed by atoms with Gasteiger partial charge in [0.1, 0.15) is 5.75 Å². The number of amides is 1. The third kappa shape index (κ3) is 4.34. The van der Waals surface area contributed by atoms with Gasteiger partial charge in [-0.25, -0.2) is 5.01 Å². The number of benzene rings is 2. The molecule has 0 unspecified atom stereocenters. The summed E-state index contributed by atoms with van der Waals surface area (Å²) in [6.45, 7) is 2.01. The van der Waals surface area contributed by atoms with E-state index in [1.807, 2.05) is 55.5 Å². The number of carbonyl (C=O) groups is 2. The Hall–Kier alpha value is -3.15. The van der Waals surface area contributed by atoms with Crippen LogP contribution in [-0.4, -0.2) is 34.8 Å². The van der Waals surface area contributed by atoms with Crippen LogP contribution in [0.4, 0.5) is 0 Å². The summed E-state index contributed by atoms with van der Waals surface area (Å²) in [5, 5.41) is 14.9. The Balaban J connectivity index is 1.88. The molecule has 1 atom stereocenters. The van der Waals surface area contributed by atoms with Crippen molar-refractivity contribution < 1.29 is 19.4 Å². The Labute approximate surface area is 158 Å². The van der Waals surface area contributed by atoms with Crippen molar-refractivity contribution in [2.75, 3.05) is 7.11 Å². The van der Waals surface area contributed by atoms with E-state index < -0.39 is 5.97 Å². The molecule has 6 heteroatoms. The number of carbonyl (C=O) groups excluding carboxylic acids is 1. The molecule has 140 valence electrons. The van der Waals surface area contributed by atoms with Gasteiger partial charge in [-0.15, -0.1) is 0 Å². The fourth-order valence-corrected chi connectivity index (χ4v) is 3.07. The molecule has 0 aliphatic carbocycles. The van der Waals surface area contributed by atoms with E-state index in [0.717, 1.165) is 28.2 Å². The fourth-order valence-electron chi connectivity index (χ4n) is 3.07. The second-order valence-corrected chi connectivity index (χ2v) is 6.54. The number of aliphatic carboxylic acids is 1. The summed E-state index contributed by atoms with van der Waals surface area (Å²) in [5.41, 5.74) is 3.83. The number of ether oxygens (including phenoxy) is 1. The molecule has 1 aliphatic rings. The number of carboxylic acid groups (broad SMARTS) is 1. The molecule has 0 spiro atoms. The van der Waals surface area contributed by atoms with Crippen molar-refractivity contribution >= 4 is 17.6 Å². The summed E-state index contributed by atoms with van der Waals surface area (Å²) in [5.74, 6) is -0.526. The van der Waals surface area contributed by atoms with Crippen molar-refractivity contribution in [3.63, 3.8) is 0 Å². The zero-order valence-corrected chi connectivity index (χ0v) is 15.4. The molecule has 0 saturated heterocycles. The first-order chi connectivity index (χ1) is 13.0. The molecule has 0 radical (unpaired) electrons. The van der Waals surface area contributed by atoms with Gasteiger partial charge in [-0.3, -0.25) is 9.59 Å². The van der Waals surface area contributed by atoms with Crippen LogP contribution in [0.2, 0.25) is 0 Å². The van der Waals surface area contributed by atoms with Gasteiger partial charge >= 0.3 is 5.97 Å². The van der Waals surface area contributed by atoms with Crippen molar-refractivity contribution in [2.45, 2.75) is 32.2 Å². The minimum atomic E-state index is -0.992. The van der Waals surface area contributed by atoms with Gasteiger partial charge in [0, 0.05) is 12.8 Å². The van der Waals surface area contributed by atoms with Gasteiger partial charge in [0.2, 0.25) is 5.91 Å². The predicted molar refractivity (Wildman–Crippen MR) is 102 cm³/mol. The molecule has 0 fully saturated rings. The Bertz CT molecular complexity index is 857. The average molecular weight is 366 g/mol. The number of hydrogen-bond donors (Lipinski definition) is 1. The lowest BCUT2D eigenvalue weighted by atomic mass is 9.97. The van der Waals surface area contributed by atoms with Crippen LogP contribution < -0.4 is 4.74 Å². The van der Waals surface area contributed by atoms with Crippen molar-refractivity contribution in [1.29, 1.82) is 0 Å². The second-order valence-electron chi connectivity index (χ2n) is 6.54. The lowest BCUT2D eigenvalue weighted by molar-refractivity contribution is -0.141. The predicted octanol–water partition coefficient (Wildman–Crippen LogP) is 3.55. The van der Waals surface area contributed by atoms with Crippen LogP contribution in [0.25, 0.3) is 0 Å². The first-order valence-corrected chi connectivity index (χ1v) is 8.80. The fraction of sp³-hybridized carbons (Fsp3) is 0.286. The summed E-state index contributed by atoms with van der Waals surface area (Å²) >= 11 is 0. The highest BCUT2D eigenvalue weighted by Gasteiger charge is 2.33. The largest absolute Gasteiger partial charge is 0.497 e. The van der Waals surface area contributed by atoms with Gasteiger partial charge in [0.25, 0.3) is 0 Å². The van der Waals surface area contributed by atoms with Gasteiger partial charge in [0.05, 0.1) is 25.3 Å². The molecule has 6 nitrogen and oxygen atoms in total. The van der Waals surface area contributed by atoms with Crippen LogP contribution in [0, 0.1) is 6.92 Å².